The van der Waals surface area contributed by atoms with Crippen LogP contribution in [0.2, 0.25) is 0 Å². The number of piperidine rings is 1. The maximum atomic E-state index is 13.1. The Balaban J connectivity index is 0.00000243. The molecule has 0 aromatic heterocycles. The zero-order valence-corrected chi connectivity index (χ0v) is 15.4. The molecule has 2 N–H and O–H groups in total. The number of benzene rings is 2. The van der Waals surface area contributed by atoms with Crippen molar-refractivity contribution in [3.63, 3.8) is 0 Å². The Hall–Kier alpha value is -1.66. The van der Waals surface area contributed by atoms with Crippen molar-refractivity contribution in [1.29, 1.82) is 0 Å². The zero-order valence-electron chi connectivity index (χ0n) is 14.6. The first-order valence-electron chi connectivity index (χ1n) is 8.62. The molecule has 0 aliphatic carbocycles. The molecule has 0 atom stereocenters. The molecular weight excluding hydrogens is 357 g/mol. The Morgan fingerprint density at radius 2 is 1.62 bits per heavy atom. The first-order chi connectivity index (χ1) is 12.1. The lowest BCUT2D eigenvalue weighted by atomic mass is 9.84. The molecule has 3 rings (SSSR count). The molecule has 0 saturated carbocycles. The monoisotopic (exact) mass is 381 g/mol. The Morgan fingerprint density at radius 3 is 2.19 bits per heavy atom. The molecule has 2 aromatic rings. The van der Waals surface area contributed by atoms with Crippen LogP contribution in [-0.4, -0.2) is 41.4 Å². The molecule has 142 valence electrons. The zero-order chi connectivity index (χ0) is 17.7. The lowest BCUT2D eigenvalue weighted by molar-refractivity contribution is -0.0277. The first-order valence-corrected chi connectivity index (χ1v) is 8.62. The van der Waals surface area contributed by atoms with Gasteiger partial charge >= 0.3 is 0 Å². The highest BCUT2D eigenvalue weighted by Crippen LogP contribution is 2.33. The smallest absolute Gasteiger partial charge is 0.123 e. The summed E-state index contributed by atoms with van der Waals surface area (Å²) in [7, 11) is 0. The normalized spacial score (nSPS) is 16.7. The van der Waals surface area contributed by atoms with Crippen LogP contribution in [0.4, 0.5) is 4.39 Å². The SMILES string of the molecule is Cl.OCCOc1ccc(CN2CCC(O)(c3ccc(F)cc3)CC2)cc1. The Labute approximate surface area is 159 Å². The summed E-state index contributed by atoms with van der Waals surface area (Å²) in [6.07, 6.45) is 1.27. The number of aliphatic hydroxyl groups excluding tert-OH is 1. The van der Waals surface area contributed by atoms with Crippen LogP contribution in [0.3, 0.4) is 0 Å². The highest BCUT2D eigenvalue weighted by molar-refractivity contribution is 5.85. The molecule has 1 heterocycles. The standard InChI is InChI=1S/C20H24FNO3.ClH/c21-18-5-3-17(4-6-18)20(24)9-11-22(12-10-20)15-16-1-7-19(8-2-16)25-14-13-23;/h1-8,23-24H,9-15H2;1H. The number of hydrogen-bond donors (Lipinski definition) is 2. The van der Waals surface area contributed by atoms with Crippen LogP contribution in [0.25, 0.3) is 0 Å². The molecule has 1 fully saturated rings. The van der Waals surface area contributed by atoms with Crippen molar-refractivity contribution in [2.75, 3.05) is 26.3 Å². The van der Waals surface area contributed by atoms with Crippen LogP contribution in [0.5, 0.6) is 5.75 Å². The molecule has 0 bridgehead atoms. The van der Waals surface area contributed by atoms with E-state index in [2.05, 4.69) is 4.90 Å². The van der Waals surface area contributed by atoms with Gasteiger partial charge in [0, 0.05) is 19.6 Å². The minimum atomic E-state index is -0.869. The van der Waals surface area contributed by atoms with E-state index in [1.165, 1.54) is 17.7 Å². The second kappa shape index (κ2) is 9.33. The predicted octanol–water partition coefficient (Wildman–Crippen LogP) is 3.10. The molecule has 1 aliphatic rings. The van der Waals surface area contributed by atoms with Gasteiger partial charge in [-0.1, -0.05) is 24.3 Å². The molecule has 0 spiro atoms. The van der Waals surface area contributed by atoms with E-state index in [1.54, 1.807) is 12.1 Å². The van der Waals surface area contributed by atoms with Gasteiger partial charge in [-0.25, -0.2) is 4.39 Å². The van der Waals surface area contributed by atoms with Crippen LogP contribution < -0.4 is 4.74 Å². The highest BCUT2D eigenvalue weighted by atomic mass is 35.5. The van der Waals surface area contributed by atoms with Crippen molar-refractivity contribution in [3.8, 4) is 5.75 Å². The predicted molar refractivity (Wildman–Crippen MR) is 101 cm³/mol. The molecule has 1 saturated heterocycles. The third-order valence-electron chi connectivity index (χ3n) is 4.75. The van der Waals surface area contributed by atoms with E-state index < -0.39 is 5.60 Å². The van der Waals surface area contributed by atoms with Gasteiger partial charge in [-0.05, 0) is 48.2 Å². The van der Waals surface area contributed by atoms with Gasteiger partial charge in [0.2, 0.25) is 0 Å². The topological polar surface area (TPSA) is 52.9 Å². The van der Waals surface area contributed by atoms with Crippen molar-refractivity contribution < 1.29 is 19.3 Å². The summed E-state index contributed by atoms with van der Waals surface area (Å²) >= 11 is 0. The second-order valence-corrected chi connectivity index (χ2v) is 6.53. The van der Waals surface area contributed by atoms with E-state index in [0.717, 1.165) is 30.9 Å². The van der Waals surface area contributed by atoms with E-state index in [0.29, 0.717) is 19.4 Å². The second-order valence-electron chi connectivity index (χ2n) is 6.53. The van der Waals surface area contributed by atoms with Crippen LogP contribution in [-0.2, 0) is 12.1 Å². The summed E-state index contributed by atoms with van der Waals surface area (Å²) in [4.78, 5) is 2.31. The quantitative estimate of drug-likeness (QED) is 0.807. The van der Waals surface area contributed by atoms with E-state index in [-0.39, 0.29) is 24.8 Å². The average molecular weight is 382 g/mol. The van der Waals surface area contributed by atoms with Gasteiger partial charge in [0.05, 0.1) is 12.2 Å². The molecule has 0 radical (unpaired) electrons. The molecule has 4 nitrogen and oxygen atoms in total. The molecule has 26 heavy (non-hydrogen) atoms. The van der Waals surface area contributed by atoms with E-state index in [9.17, 15) is 9.50 Å². The molecule has 1 aliphatic heterocycles. The Morgan fingerprint density at radius 1 is 1.00 bits per heavy atom. The number of aliphatic hydroxyl groups is 2. The summed E-state index contributed by atoms with van der Waals surface area (Å²) in [6, 6.07) is 14.0. The van der Waals surface area contributed by atoms with Gasteiger partial charge in [-0.3, -0.25) is 4.90 Å². The van der Waals surface area contributed by atoms with Crippen molar-refractivity contribution in [2.45, 2.75) is 25.0 Å². The fourth-order valence-corrected chi connectivity index (χ4v) is 3.24. The average Bonchev–Trinajstić information content (AvgIpc) is 2.64. The first kappa shape index (κ1) is 20.6. The lowest BCUT2D eigenvalue weighted by Crippen LogP contribution is -2.42. The van der Waals surface area contributed by atoms with Gasteiger partial charge in [0.25, 0.3) is 0 Å². The molecule has 0 amide bonds. The summed E-state index contributed by atoms with van der Waals surface area (Å²) < 4.78 is 18.4. The van der Waals surface area contributed by atoms with Crippen LogP contribution in [0.1, 0.15) is 24.0 Å². The fourth-order valence-electron chi connectivity index (χ4n) is 3.24. The lowest BCUT2D eigenvalue weighted by Gasteiger charge is -2.38. The van der Waals surface area contributed by atoms with Gasteiger partial charge in [-0.2, -0.15) is 0 Å². The van der Waals surface area contributed by atoms with Gasteiger partial charge < -0.3 is 14.9 Å². The molecular formula is C20H25ClFNO3. The maximum Gasteiger partial charge on any atom is 0.123 e. The maximum absolute atomic E-state index is 13.1. The summed E-state index contributed by atoms with van der Waals surface area (Å²) in [5, 5.41) is 19.6. The number of nitrogens with zero attached hydrogens (tertiary/aromatic N) is 1. The van der Waals surface area contributed by atoms with Crippen LogP contribution >= 0.6 is 12.4 Å². The number of hydrogen-bond acceptors (Lipinski definition) is 4. The minimum Gasteiger partial charge on any atom is -0.491 e. The van der Waals surface area contributed by atoms with E-state index in [1.807, 2.05) is 24.3 Å². The van der Waals surface area contributed by atoms with Crippen molar-refractivity contribution >= 4 is 12.4 Å². The third-order valence-corrected chi connectivity index (χ3v) is 4.75. The van der Waals surface area contributed by atoms with Crippen molar-refractivity contribution in [3.05, 3.63) is 65.5 Å². The van der Waals surface area contributed by atoms with Gasteiger partial charge in [0.15, 0.2) is 0 Å². The van der Waals surface area contributed by atoms with Crippen LogP contribution in [0.15, 0.2) is 48.5 Å². The summed E-state index contributed by atoms with van der Waals surface area (Å²) in [5.41, 5.74) is 1.11. The van der Waals surface area contributed by atoms with Crippen molar-refractivity contribution in [2.24, 2.45) is 0 Å². The summed E-state index contributed by atoms with van der Waals surface area (Å²) in [6.45, 7) is 2.70. The number of rotatable bonds is 6. The number of halogens is 2. The summed E-state index contributed by atoms with van der Waals surface area (Å²) in [5.74, 6) is 0.471. The van der Waals surface area contributed by atoms with Gasteiger partial charge in [0.1, 0.15) is 18.2 Å². The van der Waals surface area contributed by atoms with E-state index in [4.69, 9.17) is 9.84 Å². The molecule has 0 unspecified atom stereocenters. The molecule has 2 aromatic carbocycles. The minimum absolute atomic E-state index is 0. The van der Waals surface area contributed by atoms with Gasteiger partial charge in [-0.15, -0.1) is 12.4 Å². The molecule has 6 heteroatoms. The fraction of sp³-hybridized carbons (Fsp3) is 0.400. The Bertz CT molecular complexity index is 670. The van der Waals surface area contributed by atoms with Crippen molar-refractivity contribution in [1.82, 2.24) is 4.90 Å². The highest BCUT2D eigenvalue weighted by Gasteiger charge is 2.33. The Kier molecular flexibility index (Phi) is 7.41. The van der Waals surface area contributed by atoms with Crippen LogP contribution in [0, 0.1) is 5.82 Å². The third kappa shape index (κ3) is 5.17. The number of ether oxygens (including phenoxy) is 1. The largest absolute Gasteiger partial charge is 0.491 e. The van der Waals surface area contributed by atoms with E-state index >= 15 is 0 Å². The number of likely N-dealkylation sites (tertiary alicyclic amines) is 1.